The van der Waals surface area contributed by atoms with E-state index in [0.29, 0.717) is 11.4 Å². The van der Waals surface area contributed by atoms with E-state index in [2.05, 4.69) is 10.1 Å². The van der Waals surface area contributed by atoms with Crippen LogP contribution in [0.2, 0.25) is 0 Å². The second kappa shape index (κ2) is 6.45. The van der Waals surface area contributed by atoms with E-state index in [9.17, 15) is 8.42 Å². The first-order valence-corrected chi connectivity index (χ1v) is 9.15. The molecule has 7 nitrogen and oxygen atoms in total. The fourth-order valence-electron chi connectivity index (χ4n) is 2.39. The Morgan fingerprint density at radius 3 is 2.60 bits per heavy atom. The first-order chi connectivity index (χ1) is 11.8. The summed E-state index contributed by atoms with van der Waals surface area (Å²) in [5.41, 5.74) is 1.44. The van der Waals surface area contributed by atoms with Gasteiger partial charge in [0.25, 0.3) is 5.89 Å². The van der Waals surface area contributed by atoms with Crippen molar-refractivity contribution in [2.24, 2.45) is 0 Å². The lowest BCUT2D eigenvalue weighted by Crippen LogP contribution is -2.22. The van der Waals surface area contributed by atoms with E-state index in [1.54, 1.807) is 30.5 Å². The Labute approximate surface area is 146 Å². The van der Waals surface area contributed by atoms with Crippen molar-refractivity contribution < 1.29 is 17.4 Å². The fourth-order valence-corrected chi connectivity index (χ4v) is 3.32. The van der Waals surface area contributed by atoms with Crippen LogP contribution < -0.4 is 0 Å². The Bertz CT molecular complexity index is 975. The number of aromatic nitrogens is 2. The van der Waals surface area contributed by atoms with E-state index in [-0.39, 0.29) is 16.7 Å². The molecular formula is C17H19N3O4S. The van der Waals surface area contributed by atoms with Crippen LogP contribution in [0, 0.1) is 6.92 Å². The Morgan fingerprint density at radius 2 is 1.96 bits per heavy atom. The average molecular weight is 361 g/mol. The highest BCUT2D eigenvalue weighted by atomic mass is 32.2. The van der Waals surface area contributed by atoms with Crippen LogP contribution in [0.5, 0.6) is 0 Å². The van der Waals surface area contributed by atoms with E-state index in [4.69, 9.17) is 8.94 Å². The molecule has 2 aromatic heterocycles. The average Bonchev–Trinajstić information content (AvgIpc) is 3.26. The molecule has 2 heterocycles. The molecule has 3 rings (SSSR count). The third-order valence-corrected chi connectivity index (χ3v) is 5.83. The first kappa shape index (κ1) is 17.4. The van der Waals surface area contributed by atoms with Gasteiger partial charge in [0.05, 0.1) is 17.1 Å². The molecule has 0 bridgehead atoms. The van der Waals surface area contributed by atoms with Crippen LogP contribution in [-0.2, 0) is 10.0 Å². The number of sulfonamides is 1. The number of hydrogen-bond donors (Lipinski definition) is 0. The van der Waals surface area contributed by atoms with Crippen LogP contribution in [0.25, 0.3) is 11.5 Å². The van der Waals surface area contributed by atoms with E-state index in [1.165, 1.54) is 18.4 Å². The summed E-state index contributed by atoms with van der Waals surface area (Å²) in [4.78, 5) is 4.60. The zero-order chi connectivity index (χ0) is 18.2. The summed E-state index contributed by atoms with van der Waals surface area (Å²) in [7, 11) is -0.559. The molecule has 1 aromatic carbocycles. The monoisotopic (exact) mass is 361 g/mol. The Morgan fingerprint density at radius 1 is 1.20 bits per heavy atom. The summed E-state index contributed by atoms with van der Waals surface area (Å²) >= 11 is 0. The predicted octanol–water partition coefficient (Wildman–Crippen LogP) is 3.04. The molecule has 0 spiro atoms. The number of hydrogen-bond acceptors (Lipinski definition) is 6. The second-order valence-corrected chi connectivity index (χ2v) is 8.11. The van der Waals surface area contributed by atoms with Gasteiger partial charge in [-0.2, -0.15) is 4.98 Å². The molecule has 1 atom stereocenters. The first-order valence-electron chi connectivity index (χ1n) is 7.71. The van der Waals surface area contributed by atoms with E-state index < -0.39 is 10.0 Å². The molecule has 3 aromatic rings. The van der Waals surface area contributed by atoms with Crippen LogP contribution in [0.15, 0.2) is 50.4 Å². The van der Waals surface area contributed by atoms with Crippen molar-refractivity contribution in [3.05, 3.63) is 53.7 Å². The van der Waals surface area contributed by atoms with Crippen LogP contribution in [0.3, 0.4) is 0 Å². The Hall–Kier alpha value is -2.45. The number of furan rings is 1. The molecule has 0 N–H and O–H groups in total. The number of nitrogens with zero attached hydrogens (tertiary/aromatic N) is 3. The summed E-state index contributed by atoms with van der Waals surface area (Å²) in [6, 6.07) is 8.49. The third kappa shape index (κ3) is 3.22. The van der Waals surface area contributed by atoms with Crippen LogP contribution in [0.1, 0.15) is 30.0 Å². The minimum Gasteiger partial charge on any atom is -0.469 e. The molecule has 25 heavy (non-hydrogen) atoms. The number of benzene rings is 1. The van der Waals surface area contributed by atoms with Crippen molar-refractivity contribution in [1.82, 2.24) is 14.4 Å². The van der Waals surface area contributed by atoms with Gasteiger partial charge in [0.15, 0.2) is 5.82 Å². The highest BCUT2D eigenvalue weighted by Gasteiger charge is 2.22. The van der Waals surface area contributed by atoms with Gasteiger partial charge in [-0.1, -0.05) is 11.2 Å². The molecule has 132 valence electrons. The molecule has 0 aliphatic carbocycles. The quantitative estimate of drug-likeness (QED) is 0.694. The van der Waals surface area contributed by atoms with Gasteiger partial charge in [0, 0.05) is 19.7 Å². The summed E-state index contributed by atoms with van der Waals surface area (Å²) in [5.74, 6) is 1.32. The van der Waals surface area contributed by atoms with Gasteiger partial charge in [0.2, 0.25) is 10.0 Å². The fraction of sp³-hybridized carbons (Fsp3) is 0.294. The van der Waals surface area contributed by atoms with Crippen molar-refractivity contribution in [3.63, 3.8) is 0 Å². The highest BCUT2D eigenvalue weighted by molar-refractivity contribution is 7.89. The molecule has 0 amide bonds. The molecule has 0 radical (unpaired) electrons. The van der Waals surface area contributed by atoms with Gasteiger partial charge in [-0.15, -0.1) is 0 Å². The van der Waals surface area contributed by atoms with Gasteiger partial charge >= 0.3 is 0 Å². The normalized spacial score (nSPS) is 13.3. The number of aryl methyl sites for hydroxylation is 1. The molecule has 0 fully saturated rings. The number of rotatable bonds is 5. The van der Waals surface area contributed by atoms with Crippen LogP contribution in [0.4, 0.5) is 0 Å². The molecule has 0 saturated carbocycles. The third-order valence-electron chi connectivity index (χ3n) is 4.02. The molecule has 1 unspecified atom stereocenters. The lowest BCUT2D eigenvalue weighted by molar-refractivity contribution is 0.413. The maximum Gasteiger partial charge on any atom is 0.258 e. The topological polar surface area (TPSA) is 89.4 Å². The minimum absolute atomic E-state index is 0.165. The molecule has 0 aliphatic heterocycles. The SMILES string of the molecule is Cc1ccc(S(=O)(=O)N(C)C)cc1-c1nc(C(C)c2ccco2)no1. The van der Waals surface area contributed by atoms with E-state index >= 15 is 0 Å². The molecule has 0 aliphatic rings. The predicted molar refractivity (Wildman–Crippen MR) is 91.6 cm³/mol. The second-order valence-electron chi connectivity index (χ2n) is 5.96. The van der Waals surface area contributed by atoms with Crippen molar-refractivity contribution in [2.45, 2.75) is 24.7 Å². The van der Waals surface area contributed by atoms with Crippen molar-refractivity contribution in [2.75, 3.05) is 14.1 Å². The summed E-state index contributed by atoms with van der Waals surface area (Å²) in [5, 5.41) is 4.01. The summed E-state index contributed by atoms with van der Waals surface area (Å²) < 4.78 is 36.6. The smallest absolute Gasteiger partial charge is 0.258 e. The Balaban J connectivity index is 2.00. The maximum absolute atomic E-state index is 12.3. The van der Waals surface area contributed by atoms with Gasteiger partial charge in [-0.25, -0.2) is 12.7 Å². The van der Waals surface area contributed by atoms with Crippen molar-refractivity contribution in [3.8, 4) is 11.5 Å². The standard InChI is InChI=1S/C17H19N3O4S/c1-11-7-8-13(25(21,22)20(3)4)10-14(11)17-18-16(19-24-17)12(2)15-6-5-9-23-15/h5-10,12H,1-4H3. The highest BCUT2D eigenvalue weighted by Crippen LogP contribution is 2.29. The van der Waals surface area contributed by atoms with E-state index in [0.717, 1.165) is 11.3 Å². The summed E-state index contributed by atoms with van der Waals surface area (Å²) in [6.07, 6.45) is 1.59. The zero-order valence-corrected chi connectivity index (χ0v) is 15.2. The minimum atomic E-state index is -3.54. The van der Waals surface area contributed by atoms with E-state index in [1.807, 2.05) is 19.9 Å². The van der Waals surface area contributed by atoms with Gasteiger partial charge in [-0.3, -0.25) is 0 Å². The Kier molecular flexibility index (Phi) is 4.49. The lowest BCUT2D eigenvalue weighted by Gasteiger charge is -2.12. The maximum atomic E-state index is 12.3. The molecular weight excluding hydrogens is 342 g/mol. The van der Waals surface area contributed by atoms with Crippen molar-refractivity contribution >= 4 is 10.0 Å². The van der Waals surface area contributed by atoms with Gasteiger partial charge in [-0.05, 0) is 43.7 Å². The van der Waals surface area contributed by atoms with Crippen LogP contribution in [-0.4, -0.2) is 37.0 Å². The van der Waals surface area contributed by atoms with Crippen molar-refractivity contribution in [1.29, 1.82) is 0 Å². The van der Waals surface area contributed by atoms with Gasteiger partial charge < -0.3 is 8.94 Å². The summed E-state index contributed by atoms with van der Waals surface area (Å²) in [6.45, 7) is 3.77. The van der Waals surface area contributed by atoms with Gasteiger partial charge in [0.1, 0.15) is 5.76 Å². The molecule has 8 heteroatoms. The molecule has 0 saturated heterocycles. The van der Waals surface area contributed by atoms with Crippen LogP contribution >= 0.6 is 0 Å². The lowest BCUT2D eigenvalue weighted by atomic mass is 10.1. The largest absolute Gasteiger partial charge is 0.469 e. The zero-order valence-electron chi connectivity index (χ0n) is 14.4.